The zero-order valence-corrected chi connectivity index (χ0v) is 22.6. The van der Waals surface area contributed by atoms with Gasteiger partial charge in [0.15, 0.2) is 0 Å². The third kappa shape index (κ3) is 9.60. The molecule has 206 valence electrons. The summed E-state index contributed by atoms with van der Waals surface area (Å²) in [6.45, 7) is 4.22. The molecule has 2 amide bonds. The number of hydrogen-bond acceptors (Lipinski definition) is 3. The molecule has 7 nitrogen and oxygen atoms in total. The smallest absolute Gasteiger partial charge is 0.326 e. The normalized spacial score (nSPS) is 12.5. The van der Waals surface area contributed by atoms with E-state index in [1.54, 1.807) is 0 Å². The zero-order chi connectivity index (χ0) is 28.2. The van der Waals surface area contributed by atoms with Crippen LogP contribution < -0.4 is 5.32 Å². The van der Waals surface area contributed by atoms with Gasteiger partial charge in [-0.2, -0.15) is 0 Å². The highest BCUT2D eigenvalue weighted by molar-refractivity contribution is 5.83. The summed E-state index contributed by atoms with van der Waals surface area (Å²) < 4.78 is 0. The van der Waals surface area contributed by atoms with Crippen LogP contribution in [0.2, 0.25) is 0 Å². The standard InChI is InChI=1S/C32H38N2O5/c1-23(2)21-34(22-28(30(35)36)15-9-12-24-10-5-3-6-11-24)32(39)33-29(31(37)38)20-25-16-18-27(19-17-25)26-13-7-4-8-14-26/h3-8,10-11,13-14,16-19,23,28-29H,9,12,15,20-22H2,1-2H3,(H,33,39)(H,35,36)(H,37,38)/t28?,29-/m0/s1. The summed E-state index contributed by atoms with van der Waals surface area (Å²) in [5.74, 6) is -2.76. The summed E-state index contributed by atoms with van der Waals surface area (Å²) >= 11 is 0. The first-order chi connectivity index (χ1) is 18.7. The predicted octanol–water partition coefficient (Wildman–Crippen LogP) is 5.74. The molecule has 1 unspecified atom stereocenters. The number of rotatable bonds is 14. The lowest BCUT2D eigenvalue weighted by molar-refractivity contribution is -0.143. The molecule has 0 heterocycles. The van der Waals surface area contributed by atoms with Crippen molar-refractivity contribution in [3.8, 4) is 11.1 Å². The van der Waals surface area contributed by atoms with Crippen LogP contribution in [0, 0.1) is 11.8 Å². The number of carbonyl (C=O) groups is 3. The number of hydrogen-bond donors (Lipinski definition) is 3. The first-order valence-electron chi connectivity index (χ1n) is 13.4. The lowest BCUT2D eigenvalue weighted by atomic mass is 9.98. The van der Waals surface area contributed by atoms with Gasteiger partial charge in [0, 0.05) is 19.5 Å². The van der Waals surface area contributed by atoms with Crippen molar-refractivity contribution in [3.63, 3.8) is 0 Å². The first-order valence-corrected chi connectivity index (χ1v) is 13.4. The van der Waals surface area contributed by atoms with Crippen molar-refractivity contribution in [1.29, 1.82) is 0 Å². The van der Waals surface area contributed by atoms with Crippen molar-refractivity contribution in [2.75, 3.05) is 13.1 Å². The fourth-order valence-corrected chi connectivity index (χ4v) is 4.58. The lowest BCUT2D eigenvalue weighted by Gasteiger charge is -2.29. The predicted molar refractivity (Wildman–Crippen MR) is 152 cm³/mol. The van der Waals surface area contributed by atoms with Crippen LogP contribution in [0.3, 0.4) is 0 Å². The first kappa shape index (κ1) is 29.4. The Hall–Kier alpha value is -4.13. The molecule has 0 aliphatic carbocycles. The largest absolute Gasteiger partial charge is 0.481 e. The van der Waals surface area contributed by atoms with E-state index in [2.05, 4.69) is 5.32 Å². The van der Waals surface area contributed by atoms with Crippen LogP contribution in [0.25, 0.3) is 11.1 Å². The minimum atomic E-state index is -1.14. The van der Waals surface area contributed by atoms with Gasteiger partial charge < -0.3 is 20.4 Å². The Balaban J connectivity index is 1.64. The molecule has 0 bridgehead atoms. The molecule has 7 heteroatoms. The molecule has 0 spiro atoms. The highest BCUT2D eigenvalue weighted by atomic mass is 16.4. The molecule has 0 fully saturated rings. The molecule has 0 aliphatic rings. The fraction of sp³-hybridized carbons (Fsp3) is 0.344. The maximum atomic E-state index is 13.2. The summed E-state index contributed by atoms with van der Waals surface area (Å²) in [6, 6.07) is 25.6. The van der Waals surface area contributed by atoms with Gasteiger partial charge >= 0.3 is 18.0 Å². The molecule has 3 aromatic rings. The van der Waals surface area contributed by atoms with Crippen molar-refractivity contribution in [1.82, 2.24) is 10.2 Å². The lowest BCUT2D eigenvalue weighted by Crippen LogP contribution is -2.51. The van der Waals surface area contributed by atoms with E-state index in [9.17, 15) is 24.6 Å². The summed E-state index contributed by atoms with van der Waals surface area (Å²) in [5.41, 5.74) is 4.00. The van der Waals surface area contributed by atoms with Crippen molar-refractivity contribution >= 4 is 18.0 Å². The molecule has 3 N–H and O–H groups in total. The number of aliphatic carboxylic acids is 2. The topological polar surface area (TPSA) is 107 Å². The number of carboxylic acids is 2. The van der Waals surface area contributed by atoms with Gasteiger partial charge in [0.1, 0.15) is 6.04 Å². The number of nitrogens with zero attached hydrogens (tertiary/aromatic N) is 1. The van der Waals surface area contributed by atoms with E-state index in [4.69, 9.17) is 0 Å². The fourth-order valence-electron chi connectivity index (χ4n) is 4.58. The molecule has 0 saturated carbocycles. The Morgan fingerprint density at radius 2 is 1.33 bits per heavy atom. The molecule has 0 aliphatic heterocycles. The molecule has 0 aromatic heterocycles. The Kier molecular flexibility index (Phi) is 11.1. The Bertz CT molecular complexity index is 1200. The van der Waals surface area contributed by atoms with E-state index in [0.29, 0.717) is 19.4 Å². The van der Waals surface area contributed by atoms with E-state index >= 15 is 0 Å². The quantitative estimate of drug-likeness (QED) is 0.246. The molecular formula is C32H38N2O5. The molecule has 3 rings (SSSR count). The van der Waals surface area contributed by atoms with Crippen LogP contribution in [0.1, 0.15) is 37.8 Å². The summed E-state index contributed by atoms with van der Waals surface area (Å²) in [7, 11) is 0. The number of carboxylic acid groups (broad SMARTS) is 2. The number of carbonyl (C=O) groups excluding carboxylic acids is 1. The summed E-state index contributed by atoms with van der Waals surface area (Å²) in [4.78, 5) is 38.8. The van der Waals surface area contributed by atoms with E-state index < -0.39 is 29.9 Å². The van der Waals surface area contributed by atoms with Crippen LogP contribution in [0.4, 0.5) is 4.79 Å². The highest BCUT2D eigenvalue weighted by Crippen LogP contribution is 2.20. The van der Waals surface area contributed by atoms with E-state index in [1.807, 2.05) is 98.8 Å². The van der Waals surface area contributed by atoms with Crippen LogP contribution in [-0.4, -0.2) is 52.2 Å². The van der Waals surface area contributed by atoms with Crippen molar-refractivity contribution in [2.45, 2.75) is 45.6 Å². The van der Waals surface area contributed by atoms with Gasteiger partial charge in [-0.25, -0.2) is 9.59 Å². The van der Waals surface area contributed by atoms with Crippen LogP contribution in [-0.2, 0) is 22.4 Å². The van der Waals surface area contributed by atoms with E-state index in [1.165, 1.54) is 4.90 Å². The second-order valence-electron chi connectivity index (χ2n) is 10.3. The van der Waals surface area contributed by atoms with Gasteiger partial charge in [-0.3, -0.25) is 4.79 Å². The number of aryl methyl sites for hydroxylation is 1. The second-order valence-corrected chi connectivity index (χ2v) is 10.3. The van der Waals surface area contributed by atoms with Crippen LogP contribution >= 0.6 is 0 Å². The Morgan fingerprint density at radius 1 is 0.744 bits per heavy atom. The number of nitrogens with one attached hydrogen (secondary N) is 1. The average molecular weight is 531 g/mol. The number of benzene rings is 3. The second kappa shape index (κ2) is 14.7. The zero-order valence-electron chi connectivity index (χ0n) is 22.6. The maximum absolute atomic E-state index is 13.2. The minimum absolute atomic E-state index is 0.0201. The number of amides is 2. The van der Waals surface area contributed by atoms with Crippen LogP contribution in [0.5, 0.6) is 0 Å². The van der Waals surface area contributed by atoms with E-state index in [-0.39, 0.29) is 18.9 Å². The molecular weight excluding hydrogens is 492 g/mol. The maximum Gasteiger partial charge on any atom is 0.326 e. The Labute approximate surface area is 230 Å². The van der Waals surface area contributed by atoms with E-state index in [0.717, 1.165) is 28.7 Å². The molecule has 2 atom stereocenters. The van der Waals surface area contributed by atoms with Gasteiger partial charge in [-0.1, -0.05) is 98.8 Å². The molecule has 39 heavy (non-hydrogen) atoms. The monoisotopic (exact) mass is 530 g/mol. The van der Waals surface area contributed by atoms with Crippen LogP contribution in [0.15, 0.2) is 84.9 Å². The van der Waals surface area contributed by atoms with Gasteiger partial charge in [0.25, 0.3) is 0 Å². The van der Waals surface area contributed by atoms with Gasteiger partial charge in [0.2, 0.25) is 0 Å². The van der Waals surface area contributed by atoms with Gasteiger partial charge in [-0.15, -0.1) is 0 Å². The summed E-state index contributed by atoms with van der Waals surface area (Å²) in [6.07, 6.45) is 1.97. The number of urea groups is 1. The average Bonchev–Trinajstić information content (AvgIpc) is 2.92. The summed E-state index contributed by atoms with van der Waals surface area (Å²) in [5, 5.41) is 22.3. The third-order valence-corrected chi connectivity index (χ3v) is 6.62. The van der Waals surface area contributed by atoms with Crippen molar-refractivity contribution in [3.05, 3.63) is 96.1 Å². The van der Waals surface area contributed by atoms with Crippen molar-refractivity contribution < 1.29 is 24.6 Å². The molecule has 3 aromatic carbocycles. The SMILES string of the molecule is CC(C)CN(CC(CCCc1ccccc1)C(=O)O)C(=O)N[C@@H](Cc1ccc(-c2ccccc2)cc1)C(=O)O. The van der Waals surface area contributed by atoms with Gasteiger partial charge in [0.05, 0.1) is 5.92 Å². The van der Waals surface area contributed by atoms with Gasteiger partial charge in [-0.05, 0) is 47.4 Å². The molecule has 0 radical (unpaired) electrons. The van der Waals surface area contributed by atoms with Crippen molar-refractivity contribution in [2.24, 2.45) is 11.8 Å². The molecule has 0 saturated heterocycles. The highest BCUT2D eigenvalue weighted by Gasteiger charge is 2.28. The Morgan fingerprint density at radius 3 is 1.90 bits per heavy atom. The minimum Gasteiger partial charge on any atom is -0.481 e. The third-order valence-electron chi connectivity index (χ3n) is 6.62.